The number of nitrogens with one attached hydrogen (secondary N) is 2. The summed E-state index contributed by atoms with van der Waals surface area (Å²) in [5, 5.41) is 15.3. The molecule has 0 fully saturated rings. The summed E-state index contributed by atoms with van der Waals surface area (Å²) in [6, 6.07) is 16.2. The zero-order valence-corrected chi connectivity index (χ0v) is 20.4. The Morgan fingerprint density at radius 1 is 1.03 bits per heavy atom. The van der Waals surface area contributed by atoms with Gasteiger partial charge in [-0.1, -0.05) is 62.4 Å². The van der Waals surface area contributed by atoms with E-state index in [0.29, 0.717) is 5.01 Å². The summed E-state index contributed by atoms with van der Waals surface area (Å²) in [7, 11) is 0. The Hall–Kier alpha value is -3.72. The molecule has 0 unspecified atom stereocenters. The Balaban J connectivity index is 1.33. The number of alkyl carbamates (subject to hydrolysis) is 1. The maximum Gasteiger partial charge on any atom is 0.407 e. The average molecular weight is 494 g/mol. The summed E-state index contributed by atoms with van der Waals surface area (Å²) in [5.41, 5.74) is 3.26. The minimum Gasteiger partial charge on any atom is -0.480 e. The number of hydrogen-bond donors (Lipinski definition) is 3. The van der Waals surface area contributed by atoms with Gasteiger partial charge in [0, 0.05) is 5.92 Å². The molecule has 0 radical (unpaired) electrons. The molecular weight excluding hydrogens is 466 g/mol. The van der Waals surface area contributed by atoms with Crippen molar-refractivity contribution in [1.29, 1.82) is 0 Å². The minimum absolute atomic E-state index is 0.0325. The van der Waals surface area contributed by atoms with Crippen molar-refractivity contribution >= 4 is 29.3 Å². The number of amides is 2. The first-order chi connectivity index (χ1) is 16.9. The lowest BCUT2D eigenvalue weighted by Gasteiger charge is -2.27. The SMILES string of the molecule is CCC(CC)(NC(=O)c1cnc(CNC(=O)OCC2c3ccccc3-c3ccccc32)s1)C(=O)O. The van der Waals surface area contributed by atoms with E-state index in [9.17, 15) is 19.5 Å². The Morgan fingerprint density at radius 3 is 2.20 bits per heavy atom. The van der Waals surface area contributed by atoms with Gasteiger partial charge < -0.3 is 20.5 Å². The summed E-state index contributed by atoms with van der Waals surface area (Å²) in [5.74, 6) is -1.60. The van der Waals surface area contributed by atoms with E-state index < -0.39 is 23.5 Å². The quantitative estimate of drug-likeness (QED) is 0.402. The van der Waals surface area contributed by atoms with E-state index in [1.165, 1.54) is 6.20 Å². The molecule has 0 atom stereocenters. The standard InChI is InChI=1S/C26H27N3O5S/c1-3-26(4-2,24(31)32)29-23(30)21-13-27-22(35-21)14-28-25(33)34-15-20-18-11-7-5-9-16(18)17-10-6-8-12-19(17)20/h5-13,20H,3-4,14-15H2,1-2H3,(H,28,33)(H,29,30)(H,31,32). The summed E-state index contributed by atoms with van der Waals surface area (Å²) in [4.78, 5) is 41.0. The van der Waals surface area contributed by atoms with Crippen molar-refractivity contribution in [1.82, 2.24) is 15.6 Å². The van der Waals surface area contributed by atoms with Crippen molar-refractivity contribution in [2.24, 2.45) is 0 Å². The Kier molecular flexibility index (Phi) is 7.16. The zero-order valence-electron chi connectivity index (χ0n) is 19.5. The summed E-state index contributed by atoms with van der Waals surface area (Å²) in [6.45, 7) is 3.74. The van der Waals surface area contributed by atoms with Gasteiger partial charge in [0.05, 0.1) is 12.7 Å². The molecule has 1 heterocycles. The number of hydrogen-bond acceptors (Lipinski definition) is 6. The Morgan fingerprint density at radius 2 is 1.63 bits per heavy atom. The van der Waals surface area contributed by atoms with E-state index in [0.717, 1.165) is 33.6 Å². The number of carboxylic acids is 1. The monoisotopic (exact) mass is 493 g/mol. The lowest BCUT2D eigenvalue weighted by atomic mass is 9.93. The second-order valence-corrected chi connectivity index (χ2v) is 9.46. The number of aliphatic carboxylic acids is 1. The normalized spacial score (nSPS) is 12.5. The zero-order chi connectivity index (χ0) is 25.0. The smallest absolute Gasteiger partial charge is 0.407 e. The van der Waals surface area contributed by atoms with Gasteiger partial charge in [-0.3, -0.25) is 4.79 Å². The summed E-state index contributed by atoms with van der Waals surface area (Å²) in [6.07, 6.45) is 1.33. The molecule has 1 aliphatic carbocycles. The number of nitrogens with zero attached hydrogens (tertiary/aromatic N) is 1. The number of rotatable bonds is 9. The fourth-order valence-corrected chi connectivity index (χ4v) is 5.11. The van der Waals surface area contributed by atoms with E-state index in [-0.39, 0.29) is 36.8 Å². The van der Waals surface area contributed by atoms with Gasteiger partial charge >= 0.3 is 12.1 Å². The first kappa shape index (κ1) is 24.4. The third-order valence-corrected chi connectivity index (χ3v) is 7.47. The van der Waals surface area contributed by atoms with Crippen LogP contribution in [-0.4, -0.2) is 40.2 Å². The number of carbonyl (C=O) groups is 3. The van der Waals surface area contributed by atoms with Gasteiger partial charge in [-0.25, -0.2) is 14.6 Å². The molecule has 9 heteroatoms. The molecule has 3 aromatic rings. The van der Waals surface area contributed by atoms with Crippen molar-refractivity contribution in [2.75, 3.05) is 6.61 Å². The van der Waals surface area contributed by atoms with Crippen LogP contribution < -0.4 is 10.6 Å². The second kappa shape index (κ2) is 10.3. The first-order valence-electron chi connectivity index (χ1n) is 11.5. The van der Waals surface area contributed by atoms with E-state index in [1.54, 1.807) is 13.8 Å². The summed E-state index contributed by atoms with van der Waals surface area (Å²) < 4.78 is 5.52. The highest BCUT2D eigenvalue weighted by molar-refractivity contribution is 7.13. The molecule has 0 bridgehead atoms. The highest BCUT2D eigenvalue weighted by Gasteiger charge is 2.37. The van der Waals surface area contributed by atoms with Crippen molar-refractivity contribution in [3.05, 3.63) is 75.7 Å². The first-order valence-corrected chi connectivity index (χ1v) is 12.3. The van der Waals surface area contributed by atoms with E-state index in [4.69, 9.17) is 4.74 Å². The number of aromatic nitrogens is 1. The predicted molar refractivity (Wildman–Crippen MR) is 132 cm³/mol. The van der Waals surface area contributed by atoms with Crippen LogP contribution in [0.5, 0.6) is 0 Å². The molecule has 0 aliphatic heterocycles. The number of fused-ring (bicyclic) bond motifs is 3. The van der Waals surface area contributed by atoms with Gasteiger partial charge in [0.1, 0.15) is 22.0 Å². The van der Waals surface area contributed by atoms with Gasteiger partial charge in [0.2, 0.25) is 0 Å². The maximum atomic E-state index is 12.6. The second-order valence-electron chi connectivity index (χ2n) is 8.35. The van der Waals surface area contributed by atoms with Crippen molar-refractivity contribution < 1.29 is 24.2 Å². The van der Waals surface area contributed by atoms with Crippen molar-refractivity contribution in [3.8, 4) is 11.1 Å². The number of thiazole rings is 1. The molecule has 1 aliphatic rings. The third-order valence-electron chi connectivity index (χ3n) is 6.47. The molecule has 182 valence electrons. The number of carbonyl (C=O) groups excluding carboxylic acids is 2. The third kappa shape index (κ3) is 4.90. The van der Waals surface area contributed by atoms with Gasteiger partial charge in [0.15, 0.2) is 0 Å². The molecule has 8 nitrogen and oxygen atoms in total. The Labute approximate surface area is 207 Å². The van der Waals surface area contributed by atoms with Crippen LogP contribution in [0.2, 0.25) is 0 Å². The van der Waals surface area contributed by atoms with Crippen LogP contribution in [0, 0.1) is 0 Å². The van der Waals surface area contributed by atoms with Crippen LogP contribution in [-0.2, 0) is 16.1 Å². The number of carboxylic acid groups (broad SMARTS) is 1. The molecule has 0 saturated heterocycles. The predicted octanol–water partition coefficient (Wildman–Crippen LogP) is 4.56. The van der Waals surface area contributed by atoms with Crippen LogP contribution >= 0.6 is 11.3 Å². The van der Waals surface area contributed by atoms with E-state index in [2.05, 4.69) is 39.9 Å². The van der Waals surface area contributed by atoms with Crippen LogP contribution in [0.15, 0.2) is 54.7 Å². The molecule has 1 aromatic heterocycles. The average Bonchev–Trinajstić information content (AvgIpc) is 3.48. The maximum absolute atomic E-state index is 12.6. The molecule has 0 saturated carbocycles. The lowest BCUT2D eigenvalue weighted by molar-refractivity contribution is -0.144. The van der Waals surface area contributed by atoms with Gasteiger partial charge in [-0.15, -0.1) is 11.3 Å². The fourth-order valence-electron chi connectivity index (χ4n) is 4.36. The minimum atomic E-state index is -1.32. The fraction of sp³-hybridized carbons (Fsp3) is 0.308. The highest BCUT2D eigenvalue weighted by Crippen LogP contribution is 2.44. The van der Waals surface area contributed by atoms with Gasteiger partial charge in [0.25, 0.3) is 5.91 Å². The molecule has 2 amide bonds. The molecule has 0 spiro atoms. The molecule has 3 N–H and O–H groups in total. The van der Waals surface area contributed by atoms with Crippen molar-refractivity contribution in [3.63, 3.8) is 0 Å². The Bertz CT molecular complexity index is 1210. The highest BCUT2D eigenvalue weighted by atomic mass is 32.1. The number of ether oxygens (including phenoxy) is 1. The van der Waals surface area contributed by atoms with E-state index >= 15 is 0 Å². The van der Waals surface area contributed by atoms with Crippen LogP contribution in [0.1, 0.15) is 58.4 Å². The molecule has 4 rings (SSSR count). The lowest BCUT2D eigenvalue weighted by Crippen LogP contribution is -2.53. The van der Waals surface area contributed by atoms with Crippen LogP contribution in [0.4, 0.5) is 4.79 Å². The summed E-state index contributed by atoms with van der Waals surface area (Å²) >= 11 is 1.09. The topological polar surface area (TPSA) is 118 Å². The number of benzene rings is 2. The molecular formula is C26H27N3O5S. The molecule has 35 heavy (non-hydrogen) atoms. The largest absolute Gasteiger partial charge is 0.480 e. The van der Waals surface area contributed by atoms with E-state index in [1.807, 2.05) is 24.3 Å². The molecule has 2 aromatic carbocycles. The van der Waals surface area contributed by atoms with Gasteiger partial charge in [-0.05, 0) is 35.1 Å². The van der Waals surface area contributed by atoms with Gasteiger partial charge in [-0.2, -0.15) is 0 Å². The van der Waals surface area contributed by atoms with Crippen LogP contribution in [0.3, 0.4) is 0 Å². The van der Waals surface area contributed by atoms with Crippen molar-refractivity contribution in [2.45, 2.75) is 44.7 Å². The van der Waals surface area contributed by atoms with Crippen LogP contribution in [0.25, 0.3) is 11.1 Å².